The third-order valence-corrected chi connectivity index (χ3v) is 3.77. The molecule has 0 saturated heterocycles. The molecule has 0 spiro atoms. The van der Waals surface area contributed by atoms with Crippen molar-refractivity contribution in [3.63, 3.8) is 0 Å². The molecule has 0 fully saturated rings. The first-order valence-electron chi connectivity index (χ1n) is 6.81. The van der Waals surface area contributed by atoms with Gasteiger partial charge in [-0.25, -0.2) is 4.79 Å². The van der Waals surface area contributed by atoms with Crippen LogP contribution in [0.5, 0.6) is 5.75 Å². The van der Waals surface area contributed by atoms with Crippen LogP contribution in [0, 0.1) is 0 Å². The first kappa shape index (κ1) is 17.8. The van der Waals surface area contributed by atoms with Crippen molar-refractivity contribution in [1.29, 1.82) is 0 Å². The maximum Gasteiger partial charge on any atom is 0.339 e. The lowest BCUT2D eigenvalue weighted by molar-refractivity contribution is 0.0697. The zero-order valence-electron chi connectivity index (χ0n) is 12.6. The molecule has 1 aromatic heterocycles. The zero-order valence-corrected chi connectivity index (χ0v) is 14.2. The van der Waals surface area contributed by atoms with Crippen molar-refractivity contribution in [2.45, 2.75) is 0 Å². The molecule has 0 amide bonds. The molecule has 0 unspecified atom stereocenters. The predicted octanol–water partition coefficient (Wildman–Crippen LogP) is 4.76. The van der Waals surface area contributed by atoms with Crippen molar-refractivity contribution in [2.75, 3.05) is 12.4 Å². The Labute approximate surface area is 149 Å². The van der Waals surface area contributed by atoms with E-state index in [0.717, 1.165) is 0 Å². The quantitative estimate of drug-likeness (QED) is 0.698. The van der Waals surface area contributed by atoms with Gasteiger partial charge in [-0.1, -0.05) is 23.7 Å². The number of ether oxygens (including phenoxy) is 1. The Balaban J connectivity index is 0.00000208. The second-order valence-corrected chi connectivity index (χ2v) is 5.25. The SMILES string of the molecule is COc1ccc2ncc(C(=O)O)c(Nc3ccccc3Cl)c2c1.Cl. The number of nitrogens with one attached hydrogen (secondary N) is 1. The van der Waals surface area contributed by atoms with Crippen molar-refractivity contribution < 1.29 is 14.6 Å². The number of carbonyl (C=O) groups is 1. The Kier molecular flexibility index (Phi) is 5.49. The number of pyridine rings is 1. The molecule has 0 saturated carbocycles. The number of benzene rings is 2. The van der Waals surface area contributed by atoms with E-state index in [1.807, 2.05) is 6.07 Å². The van der Waals surface area contributed by atoms with Crippen LogP contribution in [0.1, 0.15) is 10.4 Å². The molecule has 2 N–H and O–H groups in total. The number of aromatic nitrogens is 1. The molecule has 0 aliphatic carbocycles. The highest BCUT2D eigenvalue weighted by Gasteiger charge is 2.16. The van der Waals surface area contributed by atoms with Crippen LogP contribution in [0.3, 0.4) is 0 Å². The molecule has 0 aliphatic rings. The molecule has 7 heteroatoms. The predicted molar refractivity (Wildman–Crippen MR) is 97.2 cm³/mol. The summed E-state index contributed by atoms with van der Waals surface area (Å²) in [6.45, 7) is 0. The maximum absolute atomic E-state index is 11.6. The monoisotopic (exact) mass is 364 g/mol. The molecule has 124 valence electrons. The van der Waals surface area contributed by atoms with Gasteiger partial charge in [-0.2, -0.15) is 0 Å². The molecule has 1 heterocycles. The van der Waals surface area contributed by atoms with Crippen LogP contribution in [0.25, 0.3) is 10.9 Å². The van der Waals surface area contributed by atoms with E-state index in [9.17, 15) is 9.90 Å². The Morgan fingerprint density at radius 2 is 2.00 bits per heavy atom. The van der Waals surface area contributed by atoms with Crippen LogP contribution in [-0.4, -0.2) is 23.2 Å². The van der Waals surface area contributed by atoms with Gasteiger partial charge in [0.05, 0.1) is 29.0 Å². The fourth-order valence-electron chi connectivity index (χ4n) is 2.29. The summed E-state index contributed by atoms with van der Waals surface area (Å²) >= 11 is 6.17. The number of fused-ring (bicyclic) bond motifs is 1. The average Bonchev–Trinajstić information content (AvgIpc) is 2.56. The van der Waals surface area contributed by atoms with E-state index in [-0.39, 0.29) is 18.0 Å². The topological polar surface area (TPSA) is 71.5 Å². The number of aromatic carboxylic acids is 1. The number of methoxy groups -OCH3 is 1. The molecule has 3 rings (SSSR count). The highest BCUT2D eigenvalue weighted by molar-refractivity contribution is 6.33. The van der Waals surface area contributed by atoms with E-state index in [2.05, 4.69) is 10.3 Å². The lowest BCUT2D eigenvalue weighted by Crippen LogP contribution is -2.05. The van der Waals surface area contributed by atoms with E-state index in [4.69, 9.17) is 16.3 Å². The van der Waals surface area contributed by atoms with Gasteiger partial charge in [-0.15, -0.1) is 12.4 Å². The van der Waals surface area contributed by atoms with Crippen molar-refractivity contribution in [1.82, 2.24) is 4.98 Å². The van der Waals surface area contributed by atoms with Crippen LogP contribution >= 0.6 is 24.0 Å². The summed E-state index contributed by atoms with van der Waals surface area (Å²) in [5.41, 5.74) is 1.76. The van der Waals surface area contributed by atoms with Gasteiger partial charge in [0.25, 0.3) is 0 Å². The molecular formula is C17H14Cl2N2O3. The minimum Gasteiger partial charge on any atom is -0.497 e. The molecule has 0 radical (unpaired) electrons. The van der Waals surface area contributed by atoms with E-state index in [1.165, 1.54) is 6.20 Å². The van der Waals surface area contributed by atoms with Gasteiger partial charge in [-0.3, -0.25) is 4.98 Å². The van der Waals surface area contributed by atoms with Gasteiger partial charge in [0.2, 0.25) is 0 Å². The number of anilines is 2. The summed E-state index contributed by atoms with van der Waals surface area (Å²) in [7, 11) is 1.55. The fraction of sp³-hybridized carbons (Fsp3) is 0.0588. The van der Waals surface area contributed by atoms with Crippen LogP contribution in [0.4, 0.5) is 11.4 Å². The number of para-hydroxylation sites is 1. The molecule has 5 nitrogen and oxygen atoms in total. The number of hydrogen-bond donors (Lipinski definition) is 2. The summed E-state index contributed by atoms with van der Waals surface area (Å²) in [6, 6.07) is 12.4. The summed E-state index contributed by atoms with van der Waals surface area (Å²) in [6.07, 6.45) is 1.33. The fourth-order valence-corrected chi connectivity index (χ4v) is 2.48. The minimum absolute atomic E-state index is 0. The van der Waals surface area contributed by atoms with Gasteiger partial charge in [-0.05, 0) is 30.3 Å². The highest BCUT2D eigenvalue weighted by atomic mass is 35.5. The standard InChI is InChI=1S/C17H13ClN2O3.ClH/c1-23-10-6-7-14-11(8-10)16(12(9-19-14)17(21)22)20-15-5-3-2-4-13(15)18;/h2-9H,1H3,(H,19,20)(H,21,22);1H. The average molecular weight is 365 g/mol. The second-order valence-electron chi connectivity index (χ2n) is 4.84. The number of rotatable bonds is 4. The summed E-state index contributed by atoms with van der Waals surface area (Å²) in [5.74, 6) is -0.458. The second kappa shape index (κ2) is 7.38. The molecule has 0 atom stereocenters. The van der Waals surface area contributed by atoms with Crippen molar-refractivity contribution in [2.24, 2.45) is 0 Å². The molecule has 24 heavy (non-hydrogen) atoms. The highest BCUT2D eigenvalue weighted by Crippen LogP contribution is 2.33. The maximum atomic E-state index is 11.6. The number of carboxylic acid groups (broad SMARTS) is 1. The van der Waals surface area contributed by atoms with E-state index in [0.29, 0.717) is 33.0 Å². The van der Waals surface area contributed by atoms with E-state index < -0.39 is 5.97 Å². The Morgan fingerprint density at radius 3 is 2.67 bits per heavy atom. The number of hydrogen-bond acceptors (Lipinski definition) is 4. The normalized spacial score (nSPS) is 10.1. The largest absolute Gasteiger partial charge is 0.497 e. The number of carboxylic acids is 1. The third kappa shape index (κ3) is 3.37. The number of halogens is 2. The Morgan fingerprint density at radius 1 is 1.25 bits per heavy atom. The van der Waals surface area contributed by atoms with Crippen molar-refractivity contribution >= 4 is 52.3 Å². The smallest absolute Gasteiger partial charge is 0.339 e. The molecule has 0 bridgehead atoms. The Bertz CT molecular complexity index is 900. The Hall–Kier alpha value is -2.50. The van der Waals surface area contributed by atoms with Gasteiger partial charge in [0.15, 0.2) is 0 Å². The third-order valence-electron chi connectivity index (χ3n) is 3.44. The van der Waals surface area contributed by atoms with Gasteiger partial charge in [0.1, 0.15) is 11.3 Å². The van der Waals surface area contributed by atoms with Crippen LogP contribution < -0.4 is 10.1 Å². The van der Waals surface area contributed by atoms with Crippen LogP contribution in [0.2, 0.25) is 5.02 Å². The summed E-state index contributed by atoms with van der Waals surface area (Å²) in [5, 5.41) is 13.7. The van der Waals surface area contributed by atoms with Gasteiger partial charge < -0.3 is 15.2 Å². The minimum atomic E-state index is -1.07. The summed E-state index contributed by atoms with van der Waals surface area (Å²) in [4.78, 5) is 15.7. The lowest BCUT2D eigenvalue weighted by Gasteiger charge is -2.14. The first-order chi connectivity index (χ1) is 11.1. The number of nitrogens with zero attached hydrogens (tertiary/aromatic N) is 1. The summed E-state index contributed by atoms with van der Waals surface area (Å²) < 4.78 is 5.22. The molecule has 2 aromatic carbocycles. The van der Waals surface area contributed by atoms with E-state index in [1.54, 1.807) is 43.5 Å². The van der Waals surface area contributed by atoms with Crippen LogP contribution in [-0.2, 0) is 0 Å². The molecular weight excluding hydrogens is 351 g/mol. The van der Waals surface area contributed by atoms with Gasteiger partial charge >= 0.3 is 5.97 Å². The van der Waals surface area contributed by atoms with E-state index >= 15 is 0 Å². The lowest BCUT2D eigenvalue weighted by atomic mass is 10.1. The van der Waals surface area contributed by atoms with Crippen LogP contribution in [0.15, 0.2) is 48.7 Å². The molecule has 3 aromatic rings. The zero-order chi connectivity index (χ0) is 16.4. The first-order valence-corrected chi connectivity index (χ1v) is 7.19. The molecule has 0 aliphatic heterocycles. The van der Waals surface area contributed by atoms with Gasteiger partial charge in [0, 0.05) is 11.6 Å². The van der Waals surface area contributed by atoms with Crippen molar-refractivity contribution in [3.8, 4) is 5.75 Å². The van der Waals surface area contributed by atoms with Crippen molar-refractivity contribution in [3.05, 3.63) is 59.2 Å².